The summed E-state index contributed by atoms with van der Waals surface area (Å²) in [5, 5.41) is 0.811. The minimum absolute atomic E-state index is 0.000914. The van der Waals surface area contributed by atoms with E-state index < -0.39 is 31.1 Å². The van der Waals surface area contributed by atoms with Gasteiger partial charge in [0.15, 0.2) is 9.84 Å². The van der Waals surface area contributed by atoms with Gasteiger partial charge in [-0.1, -0.05) is 13.8 Å². The fraction of sp³-hybridized carbons (Fsp3) is 0.615. The number of hydrogen-bond acceptors (Lipinski definition) is 7. The van der Waals surface area contributed by atoms with Crippen LogP contribution in [-0.2, 0) is 24.6 Å². The van der Waals surface area contributed by atoms with Crippen molar-refractivity contribution in [3.05, 3.63) is 16.3 Å². The third-order valence-corrected chi connectivity index (χ3v) is 8.85. The molecule has 2 rings (SSSR count). The van der Waals surface area contributed by atoms with Gasteiger partial charge in [0, 0.05) is 13.1 Å². The van der Waals surface area contributed by atoms with Gasteiger partial charge in [0.2, 0.25) is 10.0 Å². The molecule has 0 unspecified atom stereocenters. The van der Waals surface area contributed by atoms with Crippen LogP contribution in [-0.4, -0.2) is 58.3 Å². The second-order valence-electron chi connectivity index (χ2n) is 5.77. The first-order chi connectivity index (χ1) is 10.6. The predicted octanol–water partition coefficient (Wildman–Crippen LogP) is 0.978. The van der Waals surface area contributed by atoms with Crippen molar-refractivity contribution in [2.75, 3.05) is 26.0 Å². The molecule has 1 aliphatic rings. The summed E-state index contributed by atoms with van der Waals surface area (Å²) >= 11 is 0.977. The van der Waals surface area contributed by atoms with E-state index in [1.807, 2.05) is 0 Å². The molecule has 0 N–H and O–H groups in total. The Hall–Kier alpha value is -0.970. The number of carbonyl (C=O) groups is 1. The summed E-state index contributed by atoms with van der Waals surface area (Å²) in [6, 6.07) is 1.34. The Labute approximate surface area is 140 Å². The molecule has 0 aromatic carbocycles. The summed E-state index contributed by atoms with van der Waals surface area (Å²) in [4.78, 5) is 11.5. The van der Waals surface area contributed by atoms with Gasteiger partial charge in [-0.25, -0.2) is 21.6 Å². The van der Waals surface area contributed by atoms with Crippen LogP contribution in [0.3, 0.4) is 0 Å². The molecule has 1 fully saturated rings. The number of carbonyl (C=O) groups excluding carboxylic acids is 1. The highest BCUT2D eigenvalue weighted by molar-refractivity contribution is 7.92. The average Bonchev–Trinajstić information content (AvgIpc) is 2.83. The largest absolute Gasteiger partial charge is 0.465 e. The quantitative estimate of drug-likeness (QED) is 0.681. The van der Waals surface area contributed by atoms with Crippen LogP contribution in [0.25, 0.3) is 0 Å². The van der Waals surface area contributed by atoms with Crippen LogP contribution >= 0.6 is 11.3 Å². The van der Waals surface area contributed by atoms with Crippen molar-refractivity contribution in [3.63, 3.8) is 0 Å². The van der Waals surface area contributed by atoms with Gasteiger partial charge < -0.3 is 4.74 Å². The number of ether oxygens (including phenoxy) is 1. The maximum absolute atomic E-state index is 12.5. The molecule has 1 saturated heterocycles. The monoisotopic (exact) mass is 381 g/mol. The molecule has 0 aliphatic carbocycles. The number of nitrogens with zero attached hydrogens (tertiary/aromatic N) is 1. The molecule has 0 saturated carbocycles. The van der Waals surface area contributed by atoms with E-state index in [0.29, 0.717) is 0 Å². The van der Waals surface area contributed by atoms with Crippen LogP contribution in [0.4, 0.5) is 0 Å². The second kappa shape index (κ2) is 6.50. The van der Waals surface area contributed by atoms with E-state index in [-0.39, 0.29) is 34.5 Å². The molecule has 0 bridgehead atoms. The van der Waals surface area contributed by atoms with Crippen molar-refractivity contribution in [2.45, 2.75) is 24.0 Å². The molecule has 130 valence electrons. The lowest BCUT2D eigenvalue weighted by molar-refractivity contribution is 0.0602. The molecule has 1 aromatic heterocycles. The Morgan fingerprint density at radius 1 is 1.35 bits per heavy atom. The number of sulfonamides is 1. The van der Waals surface area contributed by atoms with Crippen LogP contribution in [0.15, 0.2) is 16.3 Å². The highest BCUT2D eigenvalue weighted by Crippen LogP contribution is 2.30. The molecule has 10 heteroatoms. The maximum atomic E-state index is 12.5. The Balaban J connectivity index is 2.16. The molecule has 1 aromatic rings. The van der Waals surface area contributed by atoms with E-state index in [2.05, 4.69) is 4.74 Å². The SMILES string of the molecule is COC(=O)c1sccc1S(=O)(=O)N1CC(S(=O)(=O)CC(C)C)C1. The second-order valence-corrected chi connectivity index (χ2v) is 10.9. The van der Waals surface area contributed by atoms with Crippen molar-refractivity contribution < 1.29 is 26.4 Å². The Morgan fingerprint density at radius 3 is 2.48 bits per heavy atom. The fourth-order valence-electron chi connectivity index (χ4n) is 2.31. The summed E-state index contributed by atoms with van der Waals surface area (Å²) in [5.74, 6) is -0.686. The van der Waals surface area contributed by atoms with Gasteiger partial charge in [-0.05, 0) is 17.4 Å². The molecular formula is C13H19NO6S3. The highest BCUT2D eigenvalue weighted by atomic mass is 32.2. The number of hydrogen-bond donors (Lipinski definition) is 0. The van der Waals surface area contributed by atoms with Crippen LogP contribution in [0.1, 0.15) is 23.5 Å². The van der Waals surface area contributed by atoms with Gasteiger partial charge in [-0.15, -0.1) is 11.3 Å². The van der Waals surface area contributed by atoms with Gasteiger partial charge in [-0.3, -0.25) is 0 Å². The van der Waals surface area contributed by atoms with Crippen molar-refractivity contribution in [3.8, 4) is 0 Å². The minimum Gasteiger partial charge on any atom is -0.465 e. The summed E-state index contributed by atoms with van der Waals surface area (Å²) in [7, 11) is -6.02. The summed E-state index contributed by atoms with van der Waals surface area (Å²) in [6.07, 6.45) is 0. The zero-order chi connectivity index (χ0) is 17.4. The molecule has 0 amide bonds. The van der Waals surface area contributed by atoms with Gasteiger partial charge in [0.05, 0.1) is 18.1 Å². The maximum Gasteiger partial charge on any atom is 0.349 e. The minimum atomic E-state index is -3.89. The topological polar surface area (TPSA) is 97.8 Å². The lowest BCUT2D eigenvalue weighted by Crippen LogP contribution is -2.57. The van der Waals surface area contributed by atoms with E-state index in [4.69, 9.17) is 0 Å². The van der Waals surface area contributed by atoms with Crippen molar-refractivity contribution in [2.24, 2.45) is 5.92 Å². The molecule has 23 heavy (non-hydrogen) atoms. The van der Waals surface area contributed by atoms with Gasteiger partial charge in [0.25, 0.3) is 0 Å². The van der Waals surface area contributed by atoms with Crippen molar-refractivity contribution in [1.29, 1.82) is 0 Å². The van der Waals surface area contributed by atoms with Gasteiger partial charge in [-0.2, -0.15) is 4.31 Å². The molecule has 1 aliphatic heterocycles. The molecular weight excluding hydrogens is 362 g/mol. The van der Waals surface area contributed by atoms with Gasteiger partial charge in [0.1, 0.15) is 9.77 Å². The first kappa shape index (κ1) is 18.4. The third-order valence-electron chi connectivity index (χ3n) is 3.51. The number of thiophene rings is 1. The van der Waals surface area contributed by atoms with E-state index in [0.717, 1.165) is 15.6 Å². The van der Waals surface area contributed by atoms with Crippen LogP contribution in [0, 0.1) is 5.92 Å². The lowest BCUT2D eigenvalue weighted by Gasteiger charge is -2.37. The van der Waals surface area contributed by atoms with Crippen LogP contribution in [0.2, 0.25) is 0 Å². The van der Waals surface area contributed by atoms with Gasteiger partial charge >= 0.3 is 5.97 Å². The number of methoxy groups -OCH3 is 1. The predicted molar refractivity (Wildman–Crippen MR) is 86.8 cm³/mol. The van der Waals surface area contributed by atoms with E-state index in [1.165, 1.54) is 18.6 Å². The molecule has 0 radical (unpaired) electrons. The Bertz CT molecular complexity index is 787. The standard InChI is InChI=1S/C13H19NO6S3/c1-9(2)8-22(16,17)10-6-14(7-10)23(18,19)11-4-5-21-12(11)13(15)20-3/h4-5,9-10H,6-8H2,1-3H3. The van der Waals surface area contributed by atoms with Crippen molar-refractivity contribution in [1.82, 2.24) is 4.31 Å². The smallest absolute Gasteiger partial charge is 0.349 e. The van der Waals surface area contributed by atoms with Crippen LogP contribution in [0.5, 0.6) is 0 Å². The van der Waals surface area contributed by atoms with E-state index in [9.17, 15) is 21.6 Å². The highest BCUT2D eigenvalue weighted by Gasteiger charge is 2.44. The summed E-state index contributed by atoms with van der Waals surface area (Å²) < 4.78 is 55.0. The summed E-state index contributed by atoms with van der Waals surface area (Å²) in [5.41, 5.74) is 0. The Morgan fingerprint density at radius 2 is 1.96 bits per heavy atom. The zero-order valence-electron chi connectivity index (χ0n) is 13.1. The van der Waals surface area contributed by atoms with Crippen molar-refractivity contribution >= 4 is 37.2 Å². The molecule has 0 spiro atoms. The first-order valence-corrected chi connectivity index (χ1v) is 11.0. The van der Waals surface area contributed by atoms with Crippen LogP contribution < -0.4 is 0 Å². The number of esters is 1. The number of rotatable bonds is 6. The average molecular weight is 381 g/mol. The normalized spacial score (nSPS) is 17.2. The molecule has 2 heterocycles. The van der Waals surface area contributed by atoms with E-state index >= 15 is 0 Å². The first-order valence-electron chi connectivity index (χ1n) is 6.97. The molecule has 0 atom stereocenters. The lowest BCUT2D eigenvalue weighted by atomic mass is 10.3. The third kappa shape index (κ3) is 3.59. The summed E-state index contributed by atoms with van der Waals surface area (Å²) in [6.45, 7) is 3.46. The Kier molecular flexibility index (Phi) is 5.19. The zero-order valence-corrected chi connectivity index (χ0v) is 15.5. The number of sulfone groups is 1. The van der Waals surface area contributed by atoms with E-state index in [1.54, 1.807) is 13.8 Å². The fourth-order valence-corrected chi connectivity index (χ4v) is 7.35. The molecule has 7 nitrogen and oxygen atoms in total.